The lowest BCUT2D eigenvalue weighted by atomic mass is 9.74. The molecular formula is C25H26N2O4S. The molecule has 3 fully saturated rings. The van der Waals surface area contributed by atoms with Crippen LogP contribution in [0.15, 0.2) is 53.4 Å². The average Bonchev–Trinajstić information content (AvgIpc) is 3.59. The monoisotopic (exact) mass is 450 g/mol. The van der Waals surface area contributed by atoms with Gasteiger partial charge in [-0.3, -0.25) is 4.79 Å². The van der Waals surface area contributed by atoms with Crippen LogP contribution in [0.2, 0.25) is 0 Å². The van der Waals surface area contributed by atoms with Crippen LogP contribution in [0, 0.1) is 24.7 Å². The lowest BCUT2D eigenvalue weighted by molar-refractivity contribution is -0.158. The van der Waals surface area contributed by atoms with E-state index in [1.54, 1.807) is 36.1 Å². The Hall–Kier alpha value is -2.66. The molecule has 0 aromatic heterocycles. The first-order valence-corrected chi connectivity index (χ1v) is 12.4. The van der Waals surface area contributed by atoms with Crippen molar-refractivity contribution in [2.45, 2.75) is 42.7 Å². The number of nitrogens with zero attached hydrogens (tertiary/aromatic N) is 2. The van der Waals surface area contributed by atoms with Crippen LogP contribution < -0.4 is 0 Å². The molecule has 2 aromatic rings. The van der Waals surface area contributed by atoms with Crippen LogP contribution in [0.1, 0.15) is 35.4 Å². The molecular weight excluding hydrogens is 424 g/mol. The van der Waals surface area contributed by atoms with Gasteiger partial charge in [-0.05, 0) is 49.1 Å². The van der Waals surface area contributed by atoms with Crippen molar-refractivity contribution in [3.8, 4) is 11.8 Å². The highest BCUT2D eigenvalue weighted by Crippen LogP contribution is 2.43. The molecule has 7 heteroatoms. The first-order chi connectivity index (χ1) is 15.4. The van der Waals surface area contributed by atoms with Crippen LogP contribution in [-0.4, -0.2) is 60.4 Å². The SMILES string of the molecule is Cc1ccccc1S(=O)(=O)N1CC(=O)N2[C@H](CO)[C@H](c3ccc(C#CC4CC4)cc3)[C@@H]2C1. The Morgan fingerprint density at radius 3 is 2.47 bits per heavy atom. The van der Waals surface area contributed by atoms with E-state index >= 15 is 0 Å². The Labute approximate surface area is 188 Å². The van der Waals surface area contributed by atoms with Gasteiger partial charge >= 0.3 is 0 Å². The number of rotatable bonds is 4. The molecule has 0 spiro atoms. The van der Waals surface area contributed by atoms with Gasteiger partial charge in [0, 0.05) is 23.9 Å². The molecule has 0 bridgehead atoms. The van der Waals surface area contributed by atoms with Crippen LogP contribution >= 0.6 is 0 Å². The maximum Gasteiger partial charge on any atom is 0.243 e. The Bertz CT molecular complexity index is 1210. The molecule has 0 radical (unpaired) electrons. The molecule has 5 rings (SSSR count). The molecule has 3 aliphatic rings. The summed E-state index contributed by atoms with van der Waals surface area (Å²) in [4.78, 5) is 14.8. The second-order valence-electron chi connectivity index (χ2n) is 8.87. The Morgan fingerprint density at radius 2 is 1.81 bits per heavy atom. The molecule has 2 aliphatic heterocycles. The number of amides is 1. The zero-order valence-corrected chi connectivity index (χ0v) is 18.8. The van der Waals surface area contributed by atoms with Crippen molar-refractivity contribution in [2.75, 3.05) is 19.7 Å². The molecule has 6 nitrogen and oxygen atoms in total. The number of carbonyl (C=O) groups is 1. The van der Waals surface area contributed by atoms with Crippen molar-refractivity contribution in [3.05, 3.63) is 65.2 Å². The third-order valence-electron chi connectivity index (χ3n) is 6.73. The van der Waals surface area contributed by atoms with Crippen molar-refractivity contribution in [3.63, 3.8) is 0 Å². The molecule has 0 unspecified atom stereocenters. The number of carbonyl (C=O) groups excluding carboxylic acids is 1. The van der Waals surface area contributed by atoms with Crippen molar-refractivity contribution in [1.29, 1.82) is 0 Å². The van der Waals surface area contributed by atoms with Gasteiger partial charge in [-0.15, -0.1) is 0 Å². The van der Waals surface area contributed by atoms with E-state index in [9.17, 15) is 18.3 Å². The number of hydrogen-bond donors (Lipinski definition) is 1. The van der Waals surface area contributed by atoms with Crippen molar-refractivity contribution < 1.29 is 18.3 Å². The predicted octanol–water partition coefficient (Wildman–Crippen LogP) is 2.12. The molecule has 1 N–H and O–H groups in total. The number of aliphatic hydroxyl groups excluding tert-OH is 1. The first kappa shape index (κ1) is 21.2. The van der Waals surface area contributed by atoms with Gasteiger partial charge in [0.1, 0.15) is 0 Å². The number of piperazine rings is 1. The van der Waals surface area contributed by atoms with Crippen LogP contribution in [0.3, 0.4) is 0 Å². The number of aryl methyl sites for hydroxylation is 1. The molecule has 1 aliphatic carbocycles. The highest BCUT2D eigenvalue weighted by Gasteiger charge is 2.55. The summed E-state index contributed by atoms with van der Waals surface area (Å²) < 4.78 is 27.9. The lowest BCUT2D eigenvalue weighted by Crippen LogP contribution is -2.73. The van der Waals surface area contributed by atoms with Gasteiger partial charge in [0.2, 0.25) is 15.9 Å². The minimum Gasteiger partial charge on any atom is -0.394 e. The maximum absolute atomic E-state index is 13.3. The standard InChI is InChI=1S/C25H26N2O4S/c1-17-4-2-3-5-23(17)32(30,31)26-14-21-25(22(16-28)27(21)24(29)15-26)20-12-10-19(11-13-20)9-8-18-6-7-18/h2-5,10-13,18,21-22,25,28H,6-7,14-16H2,1H3/t21-,22+,25+/m0/s1. The zero-order valence-electron chi connectivity index (χ0n) is 17.9. The third kappa shape index (κ3) is 3.62. The quantitative estimate of drug-likeness (QED) is 0.724. The van der Waals surface area contributed by atoms with Gasteiger partial charge < -0.3 is 10.0 Å². The van der Waals surface area contributed by atoms with Gasteiger partial charge in [-0.1, -0.05) is 42.2 Å². The second kappa shape index (κ2) is 8.04. The molecule has 1 amide bonds. The smallest absolute Gasteiger partial charge is 0.243 e. The van der Waals surface area contributed by atoms with Crippen molar-refractivity contribution >= 4 is 15.9 Å². The number of hydrogen-bond acceptors (Lipinski definition) is 4. The van der Waals surface area contributed by atoms with E-state index in [0.717, 1.165) is 11.1 Å². The summed E-state index contributed by atoms with van der Waals surface area (Å²) in [7, 11) is -3.79. The van der Waals surface area contributed by atoms with Crippen LogP contribution in [-0.2, 0) is 14.8 Å². The summed E-state index contributed by atoms with van der Waals surface area (Å²) in [6, 6.07) is 14.1. The summed E-state index contributed by atoms with van der Waals surface area (Å²) in [5.74, 6) is 6.59. The average molecular weight is 451 g/mol. The number of benzene rings is 2. The van der Waals surface area contributed by atoms with Gasteiger partial charge in [0.15, 0.2) is 0 Å². The molecule has 2 saturated heterocycles. The highest BCUT2D eigenvalue weighted by atomic mass is 32.2. The largest absolute Gasteiger partial charge is 0.394 e. The fraction of sp³-hybridized carbons (Fsp3) is 0.400. The minimum atomic E-state index is -3.79. The highest BCUT2D eigenvalue weighted by molar-refractivity contribution is 7.89. The number of fused-ring (bicyclic) bond motifs is 1. The maximum atomic E-state index is 13.3. The Morgan fingerprint density at radius 1 is 1.09 bits per heavy atom. The van der Waals surface area contributed by atoms with E-state index in [-0.39, 0.29) is 48.5 Å². The molecule has 166 valence electrons. The van der Waals surface area contributed by atoms with E-state index in [1.807, 2.05) is 24.3 Å². The van der Waals surface area contributed by atoms with Gasteiger partial charge in [0.25, 0.3) is 0 Å². The molecule has 2 aromatic carbocycles. The zero-order chi connectivity index (χ0) is 22.5. The fourth-order valence-corrected chi connectivity index (χ4v) is 6.47. The Kier molecular flexibility index (Phi) is 5.32. The van der Waals surface area contributed by atoms with E-state index in [1.165, 1.54) is 17.1 Å². The van der Waals surface area contributed by atoms with Gasteiger partial charge in [-0.25, -0.2) is 8.42 Å². The summed E-state index contributed by atoms with van der Waals surface area (Å²) in [6.45, 7) is 1.62. The minimum absolute atomic E-state index is 0.121. The summed E-state index contributed by atoms with van der Waals surface area (Å²) in [5, 5.41) is 9.97. The van der Waals surface area contributed by atoms with Crippen LogP contribution in [0.5, 0.6) is 0 Å². The Balaban J connectivity index is 1.41. The third-order valence-corrected chi connectivity index (χ3v) is 8.70. The second-order valence-corrected chi connectivity index (χ2v) is 10.8. The van der Waals surface area contributed by atoms with Crippen molar-refractivity contribution in [1.82, 2.24) is 9.21 Å². The predicted molar refractivity (Wildman–Crippen MR) is 120 cm³/mol. The number of aliphatic hydroxyl groups is 1. The van der Waals surface area contributed by atoms with Crippen LogP contribution in [0.4, 0.5) is 0 Å². The summed E-state index contributed by atoms with van der Waals surface area (Å²) >= 11 is 0. The lowest BCUT2D eigenvalue weighted by Gasteiger charge is -2.58. The van der Waals surface area contributed by atoms with E-state index in [2.05, 4.69) is 11.8 Å². The topological polar surface area (TPSA) is 77.9 Å². The number of sulfonamides is 1. The molecule has 1 saturated carbocycles. The summed E-state index contributed by atoms with van der Waals surface area (Å²) in [5.41, 5.74) is 2.59. The fourth-order valence-electron chi connectivity index (χ4n) is 4.84. The van der Waals surface area contributed by atoms with Crippen molar-refractivity contribution in [2.24, 2.45) is 5.92 Å². The van der Waals surface area contributed by atoms with Gasteiger partial charge in [0.05, 0.1) is 30.1 Å². The normalized spacial score (nSPS) is 25.5. The van der Waals surface area contributed by atoms with E-state index in [4.69, 9.17) is 0 Å². The van der Waals surface area contributed by atoms with E-state index in [0.29, 0.717) is 11.5 Å². The molecule has 2 heterocycles. The van der Waals surface area contributed by atoms with E-state index < -0.39 is 10.0 Å². The van der Waals surface area contributed by atoms with Gasteiger partial charge in [-0.2, -0.15) is 4.31 Å². The summed E-state index contributed by atoms with van der Waals surface area (Å²) in [6.07, 6.45) is 2.36. The van der Waals surface area contributed by atoms with Crippen LogP contribution in [0.25, 0.3) is 0 Å². The molecule has 3 atom stereocenters. The molecule has 32 heavy (non-hydrogen) atoms. The first-order valence-electron chi connectivity index (χ1n) is 11.0.